The molecule has 0 radical (unpaired) electrons. The fraction of sp³-hybridized carbons (Fsp3) is 0.297. The number of benzene rings is 4. The Balaban J connectivity index is 1.22. The van der Waals surface area contributed by atoms with Crippen molar-refractivity contribution < 1.29 is 38.0 Å². The van der Waals surface area contributed by atoms with E-state index >= 15 is 0 Å². The Morgan fingerprint density at radius 2 is 1.42 bits per heavy atom. The van der Waals surface area contributed by atoms with Crippen LogP contribution in [0.1, 0.15) is 39.0 Å². The van der Waals surface area contributed by atoms with Gasteiger partial charge in [0.25, 0.3) is 5.91 Å². The fourth-order valence-electron chi connectivity index (χ4n) is 6.97. The molecule has 1 amide bonds. The third kappa shape index (κ3) is 5.44. The quantitative estimate of drug-likeness (QED) is 0.214. The topological polar surface area (TPSA) is 117 Å². The Morgan fingerprint density at radius 1 is 0.792 bits per heavy atom. The summed E-state index contributed by atoms with van der Waals surface area (Å²) < 4.78 is 34.3. The monoisotopic (exact) mass is 651 g/mol. The van der Waals surface area contributed by atoms with Gasteiger partial charge in [0.05, 0.1) is 39.9 Å². The van der Waals surface area contributed by atoms with E-state index in [2.05, 4.69) is 10.6 Å². The minimum atomic E-state index is -0.504. The zero-order chi connectivity index (χ0) is 33.5. The number of methoxy groups -OCH3 is 3. The smallest absolute Gasteiger partial charge is 0.310 e. The molecular weight excluding hydrogens is 614 g/mol. The van der Waals surface area contributed by atoms with E-state index in [4.69, 9.17) is 28.4 Å². The number of hydrogen-bond donors (Lipinski definition) is 2. The second-order valence-corrected chi connectivity index (χ2v) is 12.2. The number of esters is 1. The number of ether oxygens (including phenoxy) is 6. The highest BCUT2D eigenvalue weighted by Crippen LogP contribution is 2.56. The summed E-state index contributed by atoms with van der Waals surface area (Å²) in [6.45, 7) is 0.365. The van der Waals surface area contributed by atoms with Crippen LogP contribution < -0.4 is 39.2 Å². The first-order chi connectivity index (χ1) is 23.3. The number of nitrogens with one attached hydrogen (secondary N) is 2. The highest BCUT2D eigenvalue weighted by Gasteiger charge is 2.52. The molecule has 4 aromatic rings. The van der Waals surface area contributed by atoms with Gasteiger partial charge >= 0.3 is 5.97 Å². The summed E-state index contributed by atoms with van der Waals surface area (Å²) >= 11 is 0. The molecule has 4 aromatic carbocycles. The molecular formula is C37H37N3O8. The van der Waals surface area contributed by atoms with E-state index in [-0.39, 0.29) is 43.2 Å². The third-order valence-corrected chi connectivity index (χ3v) is 9.34. The van der Waals surface area contributed by atoms with Gasteiger partial charge in [-0.2, -0.15) is 0 Å². The lowest BCUT2D eigenvalue weighted by Crippen LogP contribution is -2.37. The number of fused-ring (bicyclic) bond motifs is 3. The van der Waals surface area contributed by atoms with Crippen molar-refractivity contribution >= 4 is 28.9 Å². The van der Waals surface area contributed by atoms with Crippen molar-refractivity contribution in [3.63, 3.8) is 0 Å². The lowest BCUT2D eigenvalue weighted by Gasteiger charge is -2.40. The molecule has 0 spiro atoms. The predicted molar refractivity (Wildman–Crippen MR) is 180 cm³/mol. The summed E-state index contributed by atoms with van der Waals surface area (Å²) in [5.74, 6) is 1.16. The number of carbonyl (C=O) groups excluding carboxylic acids is 2. The van der Waals surface area contributed by atoms with Crippen molar-refractivity contribution in [2.75, 3.05) is 64.4 Å². The number of nitrogens with zero attached hydrogens (tertiary/aromatic N) is 1. The normalized spacial score (nSPS) is 20.2. The Bertz CT molecular complexity index is 1830. The van der Waals surface area contributed by atoms with Crippen LogP contribution in [0.2, 0.25) is 0 Å². The highest BCUT2D eigenvalue weighted by atomic mass is 16.7. The van der Waals surface area contributed by atoms with E-state index in [1.807, 2.05) is 79.7 Å². The Kier molecular flexibility index (Phi) is 8.12. The van der Waals surface area contributed by atoms with Gasteiger partial charge < -0.3 is 44.0 Å². The van der Waals surface area contributed by atoms with E-state index in [0.29, 0.717) is 40.0 Å². The first-order valence-corrected chi connectivity index (χ1v) is 15.6. The van der Waals surface area contributed by atoms with E-state index in [9.17, 15) is 9.59 Å². The first kappa shape index (κ1) is 31.0. The average Bonchev–Trinajstić information content (AvgIpc) is 3.73. The van der Waals surface area contributed by atoms with Crippen molar-refractivity contribution in [2.45, 2.75) is 12.0 Å². The van der Waals surface area contributed by atoms with Crippen LogP contribution in [0.15, 0.2) is 72.8 Å². The molecule has 2 N–H and O–H groups in total. The fourth-order valence-corrected chi connectivity index (χ4v) is 6.97. The van der Waals surface area contributed by atoms with Crippen LogP contribution >= 0.6 is 0 Å². The van der Waals surface area contributed by atoms with Crippen molar-refractivity contribution in [1.82, 2.24) is 0 Å². The van der Waals surface area contributed by atoms with Gasteiger partial charge in [0.1, 0.15) is 0 Å². The van der Waals surface area contributed by atoms with Gasteiger partial charge in [0.2, 0.25) is 12.5 Å². The summed E-state index contributed by atoms with van der Waals surface area (Å²) in [5.41, 5.74) is 5.77. The molecule has 3 aliphatic rings. The summed E-state index contributed by atoms with van der Waals surface area (Å²) in [7, 11) is 8.61. The summed E-state index contributed by atoms with van der Waals surface area (Å²) in [5, 5.41) is 6.64. The van der Waals surface area contributed by atoms with Gasteiger partial charge in [0, 0.05) is 48.6 Å². The van der Waals surface area contributed by atoms with Gasteiger partial charge in [-0.15, -0.1) is 0 Å². The molecule has 0 aromatic heterocycles. The van der Waals surface area contributed by atoms with Crippen LogP contribution in [-0.4, -0.2) is 60.7 Å². The van der Waals surface area contributed by atoms with Crippen LogP contribution in [-0.2, 0) is 9.53 Å². The summed E-state index contributed by atoms with van der Waals surface area (Å²) in [6.07, 6.45) is 0. The summed E-state index contributed by atoms with van der Waals surface area (Å²) in [6, 6.07) is 22.4. The molecule has 248 valence electrons. The lowest BCUT2D eigenvalue weighted by molar-refractivity contribution is -0.141. The first-order valence-electron chi connectivity index (χ1n) is 15.6. The molecule has 1 fully saturated rings. The number of cyclic esters (lactones) is 1. The molecule has 0 bridgehead atoms. The zero-order valence-electron chi connectivity index (χ0n) is 27.4. The number of hydrogen-bond acceptors (Lipinski definition) is 10. The van der Waals surface area contributed by atoms with Crippen molar-refractivity contribution in [1.29, 1.82) is 0 Å². The lowest BCUT2D eigenvalue weighted by atomic mass is 9.65. The maximum absolute atomic E-state index is 13.5. The van der Waals surface area contributed by atoms with Gasteiger partial charge in [-0.1, -0.05) is 0 Å². The molecule has 1 aliphatic carbocycles. The van der Waals surface area contributed by atoms with E-state index in [1.54, 1.807) is 33.5 Å². The minimum Gasteiger partial charge on any atom is -0.493 e. The van der Waals surface area contributed by atoms with Crippen LogP contribution in [0.25, 0.3) is 0 Å². The van der Waals surface area contributed by atoms with Crippen LogP contribution in [0.4, 0.5) is 17.1 Å². The van der Waals surface area contributed by atoms with Crippen molar-refractivity contribution in [3.8, 4) is 28.7 Å². The zero-order valence-corrected chi connectivity index (χ0v) is 27.4. The van der Waals surface area contributed by atoms with Crippen LogP contribution in [0.5, 0.6) is 28.7 Å². The number of rotatable bonds is 9. The van der Waals surface area contributed by atoms with Gasteiger partial charge in [-0.3, -0.25) is 9.59 Å². The van der Waals surface area contributed by atoms with Gasteiger partial charge in [-0.05, 0) is 89.5 Å². The molecule has 2 heterocycles. The van der Waals surface area contributed by atoms with E-state index in [1.165, 1.54) is 0 Å². The molecule has 48 heavy (non-hydrogen) atoms. The average molecular weight is 652 g/mol. The Hall–Kier alpha value is -5.58. The molecule has 2 aliphatic heterocycles. The molecule has 1 saturated heterocycles. The van der Waals surface area contributed by atoms with Crippen molar-refractivity contribution in [2.24, 2.45) is 11.8 Å². The molecule has 0 unspecified atom stereocenters. The third-order valence-electron chi connectivity index (χ3n) is 9.34. The second-order valence-electron chi connectivity index (χ2n) is 12.2. The molecule has 0 saturated carbocycles. The van der Waals surface area contributed by atoms with Crippen LogP contribution in [0, 0.1) is 11.8 Å². The molecule has 11 heteroatoms. The number of anilines is 3. The SMILES string of the molecule is COc1cc([C@@H]2c3cc4c(cc3[C@@H](Nc3ccc(NC(=O)c5ccc(N(C)C)cc5)cc3)[C@H]3COC(=O)[C@H]23)OCO4)cc(OC)c1OC. The second kappa shape index (κ2) is 12.6. The van der Waals surface area contributed by atoms with Gasteiger partial charge in [-0.25, -0.2) is 0 Å². The minimum absolute atomic E-state index is 0.118. The van der Waals surface area contributed by atoms with Crippen molar-refractivity contribution in [3.05, 3.63) is 95.1 Å². The maximum atomic E-state index is 13.5. The maximum Gasteiger partial charge on any atom is 0.310 e. The molecule has 4 atom stereocenters. The highest BCUT2D eigenvalue weighted by molar-refractivity contribution is 6.04. The van der Waals surface area contributed by atoms with E-state index in [0.717, 1.165) is 28.1 Å². The number of carbonyl (C=O) groups is 2. The van der Waals surface area contributed by atoms with E-state index < -0.39 is 5.92 Å². The standard InChI is InChI=1S/C37H37N3O8/c1-40(2)24-12-6-20(7-13-24)36(41)39-23-10-8-22(9-11-23)38-34-26-17-29-28(47-19-48-29)16-25(26)32(33-27(34)18-46-37(33)42)21-14-30(43-3)35(45-5)31(15-21)44-4/h6-17,27,32-34,38H,18-19H2,1-5H3,(H,39,41)/t27-,32+,33-,34+/m0/s1. The number of amides is 1. The summed E-state index contributed by atoms with van der Waals surface area (Å²) in [4.78, 5) is 28.4. The van der Waals surface area contributed by atoms with Gasteiger partial charge in [0.15, 0.2) is 23.0 Å². The Morgan fingerprint density at radius 3 is 2.02 bits per heavy atom. The van der Waals surface area contributed by atoms with Crippen LogP contribution in [0.3, 0.4) is 0 Å². The molecule has 11 nitrogen and oxygen atoms in total. The Labute approximate surface area is 278 Å². The molecule has 7 rings (SSSR count). The largest absolute Gasteiger partial charge is 0.493 e. The predicted octanol–water partition coefficient (Wildman–Crippen LogP) is 5.85.